The second-order valence-electron chi connectivity index (χ2n) is 7.16. The molecule has 3 aromatic carbocycles. The maximum Gasteiger partial charge on any atom is 0.216 e. The van der Waals surface area contributed by atoms with E-state index in [1.54, 1.807) is 12.1 Å². The van der Waals surface area contributed by atoms with Crippen LogP contribution in [-0.2, 0) is 7.05 Å². The van der Waals surface area contributed by atoms with Crippen molar-refractivity contribution in [2.24, 2.45) is 7.05 Å². The van der Waals surface area contributed by atoms with Gasteiger partial charge in [0, 0.05) is 32.6 Å². The maximum atomic E-state index is 9.93. The van der Waals surface area contributed by atoms with Crippen molar-refractivity contribution in [2.75, 3.05) is 0 Å². The van der Waals surface area contributed by atoms with Gasteiger partial charge in [0.15, 0.2) is 6.20 Å². The van der Waals surface area contributed by atoms with Crippen LogP contribution in [0.15, 0.2) is 77.2 Å². The zero-order valence-electron chi connectivity index (χ0n) is 23.4. The number of nitriles is 1. The van der Waals surface area contributed by atoms with E-state index in [-0.39, 0.29) is 22.3 Å². The van der Waals surface area contributed by atoms with Gasteiger partial charge in [-0.25, -0.2) is 4.57 Å². The van der Waals surface area contributed by atoms with Crippen LogP contribution in [0.4, 0.5) is 0 Å². The van der Waals surface area contributed by atoms with E-state index in [0.717, 1.165) is 22.2 Å². The molecule has 30 heavy (non-hydrogen) atoms. The summed E-state index contributed by atoms with van der Waals surface area (Å²) in [6.07, 6.45) is 1.92. The first-order valence-electron chi connectivity index (χ1n) is 12.9. The summed E-state index contributed by atoms with van der Waals surface area (Å²) in [5.74, 6) is 0. The van der Waals surface area contributed by atoms with Crippen LogP contribution < -0.4 is 4.57 Å². The summed E-state index contributed by atoms with van der Waals surface area (Å²) >= 11 is 0. The Bertz CT molecular complexity index is 1770. The number of aryl methyl sites for hydroxylation is 2. The highest BCUT2D eigenvalue weighted by Crippen LogP contribution is 2.41. The van der Waals surface area contributed by atoms with Gasteiger partial charge in [0.1, 0.15) is 18.2 Å². The summed E-state index contributed by atoms with van der Waals surface area (Å²) in [5, 5.41) is 11.3. The van der Waals surface area contributed by atoms with Gasteiger partial charge in [-0.2, -0.15) is 5.26 Å². The molecule has 0 amide bonds. The van der Waals surface area contributed by atoms with Gasteiger partial charge in [0.05, 0.1) is 22.7 Å². The molecular formula is C27H21N2O+. The summed E-state index contributed by atoms with van der Waals surface area (Å²) in [6, 6.07) is 12.6. The van der Waals surface area contributed by atoms with Gasteiger partial charge in [-0.05, 0) is 43.1 Å². The molecule has 0 aliphatic rings. The zero-order valence-corrected chi connectivity index (χ0v) is 16.4. The lowest BCUT2D eigenvalue weighted by Crippen LogP contribution is -2.30. The molecule has 0 atom stereocenters. The zero-order chi connectivity index (χ0) is 26.8. The van der Waals surface area contributed by atoms with Gasteiger partial charge in [-0.3, -0.25) is 0 Å². The largest absolute Gasteiger partial charge is 0.454 e. The molecule has 0 unspecified atom stereocenters. The fraction of sp³-hybridized carbons (Fsp3) is 0.111. The molecular weight excluding hydrogens is 368 g/mol. The number of fused-ring (bicyclic) bond motifs is 3. The molecule has 0 N–H and O–H groups in total. The number of rotatable bonds is 2. The molecule has 0 radical (unpaired) electrons. The third kappa shape index (κ3) is 2.69. The number of hydrogen-bond acceptors (Lipinski definition) is 2. The number of benzene rings is 3. The number of aromatic nitrogens is 1. The minimum Gasteiger partial charge on any atom is -0.454 e. The minimum atomic E-state index is -2.83. The molecule has 2 aromatic heterocycles. The molecule has 0 aliphatic carbocycles. The minimum absolute atomic E-state index is 0.0949. The Hall–Kier alpha value is -3.90. The van der Waals surface area contributed by atoms with E-state index in [1.165, 1.54) is 0 Å². The molecule has 0 aliphatic heterocycles. The van der Waals surface area contributed by atoms with E-state index in [1.807, 2.05) is 55.1 Å². The second kappa shape index (κ2) is 6.86. The smallest absolute Gasteiger partial charge is 0.216 e. The van der Waals surface area contributed by atoms with Crippen LogP contribution >= 0.6 is 0 Å². The lowest BCUT2D eigenvalue weighted by Gasteiger charge is -2.06. The average molecular weight is 397 g/mol. The first-order valence-corrected chi connectivity index (χ1v) is 9.42. The van der Waals surface area contributed by atoms with Crippen molar-refractivity contribution in [3.05, 3.63) is 89.5 Å². The van der Waals surface area contributed by atoms with Crippen molar-refractivity contribution in [1.29, 1.82) is 5.26 Å². The Morgan fingerprint density at radius 1 is 0.967 bits per heavy atom. The van der Waals surface area contributed by atoms with Gasteiger partial charge in [0.25, 0.3) is 0 Å². The quantitative estimate of drug-likeness (QED) is 0.332. The molecule has 0 saturated carbocycles. The molecule has 5 rings (SSSR count). The Labute approximate surface area is 185 Å². The molecule has 0 spiro atoms. The molecule has 0 bridgehead atoms. The Morgan fingerprint density at radius 3 is 2.40 bits per heavy atom. The monoisotopic (exact) mass is 396 g/mol. The number of pyridine rings is 1. The highest BCUT2D eigenvalue weighted by Gasteiger charge is 2.22. The Morgan fingerprint density at radius 2 is 1.70 bits per heavy atom. The molecule has 2 heterocycles. The van der Waals surface area contributed by atoms with Crippen molar-refractivity contribution in [1.82, 2.24) is 0 Å². The van der Waals surface area contributed by atoms with Crippen LogP contribution in [-0.4, -0.2) is 0 Å². The SMILES string of the molecule is [2H]c1c([2H])c(C([2H])([2H])[2H])c([2H])c([2H])c1-c1c(C#N)ccc2c1oc1c(-c3cccc[n+]3C)c(C)ccc12. The van der Waals surface area contributed by atoms with Gasteiger partial charge in [-0.15, -0.1) is 0 Å². The van der Waals surface area contributed by atoms with E-state index in [4.69, 9.17) is 14.0 Å². The Kier molecular flexibility index (Phi) is 2.73. The summed E-state index contributed by atoms with van der Waals surface area (Å²) < 4.78 is 65.4. The van der Waals surface area contributed by atoms with Crippen LogP contribution in [0.5, 0.6) is 0 Å². The van der Waals surface area contributed by atoms with Crippen molar-refractivity contribution in [2.45, 2.75) is 13.8 Å². The van der Waals surface area contributed by atoms with E-state index in [9.17, 15) is 5.26 Å². The summed E-state index contributed by atoms with van der Waals surface area (Å²) in [7, 11) is 1.92. The Balaban J connectivity index is 1.95. The van der Waals surface area contributed by atoms with Crippen molar-refractivity contribution < 1.29 is 18.6 Å². The molecule has 5 aromatic rings. The molecule has 3 nitrogen and oxygen atoms in total. The molecule has 0 saturated heterocycles. The summed E-state index contributed by atoms with van der Waals surface area (Å²) in [4.78, 5) is 0. The lowest BCUT2D eigenvalue weighted by molar-refractivity contribution is -0.660. The van der Waals surface area contributed by atoms with E-state index in [2.05, 4.69) is 6.07 Å². The first-order chi connectivity index (χ1) is 17.5. The topological polar surface area (TPSA) is 40.8 Å². The van der Waals surface area contributed by atoms with Crippen molar-refractivity contribution in [3.8, 4) is 28.5 Å². The van der Waals surface area contributed by atoms with Crippen LogP contribution in [0.3, 0.4) is 0 Å². The predicted molar refractivity (Wildman–Crippen MR) is 120 cm³/mol. The molecule has 144 valence electrons. The third-order valence-corrected chi connectivity index (χ3v) is 5.32. The average Bonchev–Trinajstić information content (AvgIpc) is 3.21. The highest BCUT2D eigenvalue weighted by molar-refractivity contribution is 6.13. The fourth-order valence-electron chi connectivity index (χ4n) is 3.88. The van der Waals surface area contributed by atoms with E-state index < -0.39 is 36.6 Å². The van der Waals surface area contributed by atoms with Gasteiger partial charge in [0.2, 0.25) is 5.69 Å². The number of hydrogen-bond donors (Lipinski definition) is 0. The third-order valence-electron chi connectivity index (χ3n) is 5.32. The lowest BCUT2D eigenvalue weighted by atomic mass is 9.96. The predicted octanol–water partition coefficient (Wildman–Crippen LogP) is 6.23. The van der Waals surface area contributed by atoms with Gasteiger partial charge < -0.3 is 4.42 Å². The highest BCUT2D eigenvalue weighted by atomic mass is 16.3. The molecule has 0 fully saturated rings. The fourth-order valence-corrected chi connectivity index (χ4v) is 3.88. The summed E-state index contributed by atoms with van der Waals surface area (Å²) in [6.45, 7) is -0.869. The van der Waals surface area contributed by atoms with Crippen LogP contribution in [0, 0.1) is 25.1 Å². The van der Waals surface area contributed by atoms with Crippen molar-refractivity contribution in [3.63, 3.8) is 0 Å². The normalized spacial score (nSPS) is 14.9. The standard InChI is InChI=1S/C27H21N2O/c1-17-7-10-19(11-8-17)25-20(16-28)12-14-22-21-13-9-18(2)24(26(21)30-27(22)25)23-6-4-5-15-29(23)3/h4-15H,1-3H3/q+1/i1D3,7D,8D,10D,11D. The van der Waals surface area contributed by atoms with E-state index >= 15 is 0 Å². The van der Waals surface area contributed by atoms with Gasteiger partial charge in [-0.1, -0.05) is 41.9 Å². The number of nitrogens with zero attached hydrogens (tertiary/aromatic N) is 2. The van der Waals surface area contributed by atoms with Crippen LogP contribution in [0.2, 0.25) is 0 Å². The van der Waals surface area contributed by atoms with Crippen molar-refractivity contribution >= 4 is 21.9 Å². The van der Waals surface area contributed by atoms with Crippen LogP contribution in [0.25, 0.3) is 44.3 Å². The second-order valence-corrected chi connectivity index (χ2v) is 7.16. The van der Waals surface area contributed by atoms with E-state index in [0.29, 0.717) is 11.0 Å². The first kappa shape index (κ1) is 11.9. The summed E-state index contributed by atoms with van der Waals surface area (Å²) in [5.41, 5.74) is 2.87. The van der Waals surface area contributed by atoms with Crippen LogP contribution in [0.1, 0.15) is 26.3 Å². The maximum absolute atomic E-state index is 9.93. The molecule has 3 heteroatoms. The van der Waals surface area contributed by atoms with Gasteiger partial charge >= 0.3 is 0 Å². The number of furan rings is 1.